The molecule has 0 saturated carbocycles. The first-order valence-corrected chi connectivity index (χ1v) is 6.21. The zero-order valence-electron chi connectivity index (χ0n) is 11.6. The maximum absolute atomic E-state index is 12.3. The third-order valence-electron chi connectivity index (χ3n) is 3.21. The second-order valence-corrected chi connectivity index (χ2v) is 5.69. The highest BCUT2D eigenvalue weighted by molar-refractivity contribution is 5.92. The monoisotopic (exact) mass is 255 g/mol. The van der Waals surface area contributed by atoms with Gasteiger partial charge < -0.3 is 4.57 Å². The van der Waals surface area contributed by atoms with Crippen LogP contribution in [0, 0.1) is 16.7 Å². The van der Waals surface area contributed by atoms with Crippen molar-refractivity contribution in [3.63, 3.8) is 0 Å². The number of carbonyl (C=O) groups excluding carboxylic acids is 1. The van der Waals surface area contributed by atoms with Gasteiger partial charge in [0.2, 0.25) is 0 Å². The highest BCUT2D eigenvalue weighted by Gasteiger charge is 2.33. The summed E-state index contributed by atoms with van der Waals surface area (Å²) < 4.78 is 1.83. The number of hydrogen-bond donors (Lipinski definition) is 0. The lowest BCUT2D eigenvalue weighted by atomic mass is 9.83. The van der Waals surface area contributed by atoms with E-state index in [9.17, 15) is 10.1 Å². The fraction of sp³-hybridized carbons (Fsp3) is 0.400. The summed E-state index contributed by atoms with van der Waals surface area (Å²) in [4.78, 5) is 16.8. The molecule has 0 radical (unpaired) electrons. The number of Topliss-reactive ketones (excluding diaryl/α,β-unsaturated/α-hetero) is 1. The number of aromatic nitrogens is 2. The van der Waals surface area contributed by atoms with Gasteiger partial charge in [-0.05, 0) is 12.1 Å². The number of nitriles is 1. The van der Waals surface area contributed by atoms with Crippen LogP contribution in [-0.4, -0.2) is 15.3 Å². The molecule has 1 unspecified atom stereocenters. The van der Waals surface area contributed by atoms with Crippen LogP contribution in [0.1, 0.15) is 32.5 Å². The van der Waals surface area contributed by atoms with E-state index < -0.39 is 11.3 Å². The van der Waals surface area contributed by atoms with Crippen molar-refractivity contribution in [3.8, 4) is 6.07 Å². The number of rotatable bonds is 2. The number of ketones is 1. The first-order chi connectivity index (χ1) is 8.86. The van der Waals surface area contributed by atoms with Crippen molar-refractivity contribution in [1.82, 2.24) is 9.55 Å². The van der Waals surface area contributed by atoms with Crippen LogP contribution < -0.4 is 0 Å². The van der Waals surface area contributed by atoms with Crippen LogP contribution in [-0.2, 0) is 11.8 Å². The van der Waals surface area contributed by atoms with Crippen molar-refractivity contribution in [2.45, 2.75) is 26.7 Å². The van der Waals surface area contributed by atoms with Gasteiger partial charge in [-0.2, -0.15) is 5.26 Å². The lowest BCUT2D eigenvalue weighted by Crippen LogP contribution is -2.27. The Bertz CT molecular complexity index is 671. The Balaban J connectivity index is 2.57. The molecule has 0 fully saturated rings. The molecule has 1 aromatic heterocycles. The van der Waals surface area contributed by atoms with Crippen molar-refractivity contribution in [1.29, 1.82) is 5.26 Å². The Morgan fingerprint density at radius 2 is 2.00 bits per heavy atom. The summed E-state index contributed by atoms with van der Waals surface area (Å²) in [6.45, 7) is 5.47. The number of imidazole rings is 1. The highest BCUT2D eigenvalue weighted by atomic mass is 16.1. The molecule has 0 amide bonds. The number of nitrogens with zero attached hydrogens (tertiary/aromatic N) is 3. The predicted octanol–water partition coefficient (Wildman–Crippen LogP) is 2.80. The van der Waals surface area contributed by atoms with E-state index in [1.807, 2.05) is 56.7 Å². The second-order valence-electron chi connectivity index (χ2n) is 5.69. The summed E-state index contributed by atoms with van der Waals surface area (Å²) in [5.74, 6) is -0.408. The van der Waals surface area contributed by atoms with Crippen molar-refractivity contribution in [3.05, 3.63) is 30.1 Å². The predicted molar refractivity (Wildman–Crippen MR) is 73.5 cm³/mol. The number of hydrogen-bond acceptors (Lipinski definition) is 3. The number of carbonyl (C=O) groups is 1. The summed E-state index contributed by atoms with van der Waals surface area (Å²) in [5, 5.41) is 9.34. The van der Waals surface area contributed by atoms with Gasteiger partial charge in [0.05, 0.1) is 17.1 Å². The van der Waals surface area contributed by atoms with Crippen molar-refractivity contribution < 1.29 is 4.79 Å². The van der Waals surface area contributed by atoms with Crippen LogP contribution in [0.2, 0.25) is 0 Å². The fourth-order valence-electron chi connectivity index (χ4n) is 2.09. The molecular formula is C15H17N3O. The molecule has 0 saturated heterocycles. The zero-order valence-corrected chi connectivity index (χ0v) is 11.6. The molecule has 2 aromatic rings. The Morgan fingerprint density at radius 3 is 2.53 bits per heavy atom. The van der Waals surface area contributed by atoms with Gasteiger partial charge in [0.15, 0.2) is 11.7 Å². The maximum Gasteiger partial charge on any atom is 0.163 e. The lowest BCUT2D eigenvalue weighted by Gasteiger charge is -2.19. The van der Waals surface area contributed by atoms with Crippen molar-refractivity contribution >= 4 is 16.8 Å². The standard InChI is InChI=1S/C15H17N3O/c1-15(2,3)13(19)10(9-16)14-17-11-7-5-6-8-12(11)18(14)4/h5-8,10H,1-4H3. The van der Waals surface area contributed by atoms with E-state index in [4.69, 9.17) is 0 Å². The van der Waals surface area contributed by atoms with E-state index in [2.05, 4.69) is 11.1 Å². The average molecular weight is 255 g/mol. The minimum atomic E-state index is -0.822. The largest absolute Gasteiger partial charge is 0.330 e. The van der Waals surface area contributed by atoms with Gasteiger partial charge in [0, 0.05) is 12.5 Å². The zero-order chi connectivity index (χ0) is 14.2. The van der Waals surface area contributed by atoms with E-state index in [0.29, 0.717) is 5.82 Å². The van der Waals surface area contributed by atoms with Gasteiger partial charge in [-0.3, -0.25) is 4.79 Å². The molecule has 4 nitrogen and oxygen atoms in total. The SMILES string of the molecule is Cn1c(C(C#N)C(=O)C(C)(C)C)nc2ccccc21. The topological polar surface area (TPSA) is 58.7 Å². The highest BCUT2D eigenvalue weighted by Crippen LogP contribution is 2.28. The Labute approximate surface area is 112 Å². The van der Waals surface area contributed by atoms with Crippen molar-refractivity contribution in [2.75, 3.05) is 0 Å². The van der Waals surface area contributed by atoms with Gasteiger partial charge in [0.1, 0.15) is 5.82 Å². The van der Waals surface area contributed by atoms with Crippen LogP contribution in [0.4, 0.5) is 0 Å². The molecule has 1 atom stereocenters. The molecule has 1 aromatic carbocycles. The molecule has 1 heterocycles. The van der Waals surface area contributed by atoms with E-state index in [0.717, 1.165) is 11.0 Å². The van der Waals surface area contributed by atoms with E-state index in [-0.39, 0.29) is 5.78 Å². The third kappa shape index (κ3) is 2.24. The molecule has 0 aliphatic heterocycles. The number of fused-ring (bicyclic) bond motifs is 1. The van der Waals surface area contributed by atoms with Gasteiger partial charge >= 0.3 is 0 Å². The van der Waals surface area contributed by atoms with Crippen LogP contribution in [0.3, 0.4) is 0 Å². The third-order valence-corrected chi connectivity index (χ3v) is 3.21. The van der Waals surface area contributed by atoms with Crippen LogP contribution >= 0.6 is 0 Å². The minimum Gasteiger partial charge on any atom is -0.330 e. The molecule has 0 aliphatic carbocycles. The van der Waals surface area contributed by atoms with E-state index >= 15 is 0 Å². The number of aryl methyl sites for hydroxylation is 1. The smallest absolute Gasteiger partial charge is 0.163 e. The molecular weight excluding hydrogens is 238 g/mol. The maximum atomic E-state index is 12.3. The summed E-state index contributed by atoms with van der Waals surface area (Å²) in [7, 11) is 1.84. The number of para-hydroxylation sites is 2. The first-order valence-electron chi connectivity index (χ1n) is 6.21. The normalized spacial score (nSPS) is 13.2. The second kappa shape index (κ2) is 4.51. The molecule has 2 rings (SSSR count). The van der Waals surface area contributed by atoms with E-state index in [1.54, 1.807) is 0 Å². The molecule has 0 spiro atoms. The fourth-order valence-corrected chi connectivity index (χ4v) is 2.09. The quantitative estimate of drug-likeness (QED) is 0.829. The molecule has 4 heteroatoms. The molecule has 0 bridgehead atoms. The first kappa shape index (κ1) is 13.3. The average Bonchev–Trinajstić information content (AvgIpc) is 2.68. The van der Waals surface area contributed by atoms with Gasteiger partial charge in [-0.25, -0.2) is 4.98 Å². The number of benzene rings is 1. The summed E-state index contributed by atoms with van der Waals surface area (Å²) >= 11 is 0. The summed E-state index contributed by atoms with van der Waals surface area (Å²) in [6, 6.07) is 9.72. The minimum absolute atomic E-state index is 0.103. The Hall–Kier alpha value is -2.15. The molecule has 19 heavy (non-hydrogen) atoms. The molecule has 0 aliphatic rings. The van der Waals surface area contributed by atoms with E-state index in [1.165, 1.54) is 0 Å². The van der Waals surface area contributed by atoms with Crippen LogP contribution in [0.25, 0.3) is 11.0 Å². The van der Waals surface area contributed by atoms with Crippen molar-refractivity contribution in [2.24, 2.45) is 12.5 Å². The van der Waals surface area contributed by atoms with Gasteiger partial charge in [-0.1, -0.05) is 32.9 Å². The van der Waals surface area contributed by atoms with Crippen LogP contribution in [0.5, 0.6) is 0 Å². The molecule has 98 valence electrons. The summed E-state index contributed by atoms with van der Waals surface area (Å²) in [6.07, 6.45) is 0. The lowest BCUT2D eigenvalue weighted by molar-refractivity contribution is -0.126. The summed E-state index contributed by atoms with van der Waals surface area (Å²) in [5.41, 5.74) is 1.18. The Kier molecular flexibility index (Phi) is 3.15. The van der Waals surface area contributed by atoms with Crippen LogP contribution in [0.15, 0.2) is 24.3 Å². The van der Waals surface area contributed by atoms with Gasteiger partial charge in [0.25, 0.3) is 0 Å². The molecule has 0 N–H and O–H groups in total. The van der Waals surface area contributed by atoms with Gasteiger partial charge in [-0.15, -0.1) is 0 Å². The Morgan fingerprint density at radius 1 is 1.37 bits per heavy atom.